The molecule has 0 saturated carbocycles. The van der Waals surface area contributed by atoms with E-state index >= 15 is 0 Å². The molecule has 0 spiro atoms. The van der Waals surface area contributed by atoms with Crippen molar-refractivity contribution >= 4 is 11.4 Å². The summed E-state index contributed by atoms with van der Waals surface area (Å²) >= 11 is 0. The Balaban J connectivity index is 0.769. The molecule has 1 aliphatic heterocycles. The Bertz CT molecular complexity index is 5150. The van der Waals surface area contributed by atoms with Gasteiger partial charge in [-0.25, -0.2) is 15.0 Å². The minimum absolute atomic E-state index is 0.0467. The smallest absolute Gasteiger partial charge is 0.164 e. The van der Waals surface area contributed by atoms with E-state index in [0.717, 1.165) is 100 Å². The normalized spacial score (nSPS) is 14.2. The van der Waals surface area contributed by atoms with Gasteiger partial charge in [0.25, 0.3) is 0 Å². The van der Waals surface area contributed by atoms with Crippen LogP contribution in [0.5, 0.6) is 0 Å². The van der Waals surface area contributed by atoms with Gasteiger partial charge in [-0.2, -0.15) is 0 Å². The number of fused-ring (bicyclic) bond motifs is 1. The molecule has 0 bridgehead atoms. The molecule has 4 heteroatoms. The average Bonchev–Trinajstić information content (AvgIpc) is 1.59. The fourth-order valence-electron chi connectivity index (χ4n) is 13.2. The largest absolute Gasteiger partial charge is 0.332 e. The highest BCUT2D eigenvalue weighted by atomic mass is 15.2. The SMILES string of the molecule is C#CC1(C)c2ccccc2N(c2cccc(-c3cccc(-c4cccc(-c5nc(-c6ccc(-c7cccc(-c8cccc(-c9cccc(-c%10ccccc%10)c9)c8)c7)cc6)nc(-c6cccc(-c7cccc(-c8cccc(-c9ccccc9)c8)c7)c6)n5)c4)c3)c2)C1/C=C\C. The highest BCUT2D eigenvalue weighted by molar-refractivity contribution is 5.85. The third-order valence-electron chi connectivity index (χ3n) is 18.1. The van der Waals surface area contributed by atoms with Gasteiger partial charge in [0.2, 0.25) is 0 Å². The number of hydrogen-bond acceptors (Lipinski definition) is 4. The average molecular weight is 1190 g/mol. The van der Waals surface area contributed by atoms with Crippen LogP contribution in [0.2, 0.25) is 0 Å². The maximum Gasteiger partial charge on any atom is 0.164 e. The van der Waals surface area contributed by atoms with E-state index in [4.69, 9.17) is 21.4 Å². The number of nitrogens with zero attached hydrogens (tertiary/aromatic N) is 4. The van der Waals surface area contributed by atoms with E-state index in [-0.39, 0.29) is 6.04 Å². The van der Waals surface area contributed by atoms with Crippen molar-refractivity contribution in [2.75, 3.05) is 4.90 Å². The monoisotopic (exact) mass is 1190 g/mol. The number of aromatic nitrogens is 3. The van der Waals surface area contributed by atoms with E-state index in [1.54, 1.807) is 0 Å². The van der Waals surface area contributed by atoms with Crippen molar-refractivity contribution in [1.29, 1.82) is 0 Å². The van der Waals surface area contributed by atoms with Crippen molar-refractivity contribution in [1.82, 2.24) is 15.0 Å². The lowest BCUT2D eigenvalue weighted by Crippen LogP contribution is -2.38. The van der Waals surface area contributed by atoms with E-state index in [9.17, 15) is 0 Å². The minimum atomic E-state index is -0.496. The van der Waals surface area contributed by atoms with Gasteiger partial charge in [0.05, 0.1) is 11.5 Å². The Morgan fingerprint density at radius 3 is 0.935 bits per heavy atom. The lowest BCUT2D eigenvalue weighted by Gasteiger charge is -2.32. The second-order valence-electron chi connectivity index (χ2n) is 24.0. The first-order chi connectivity index (χ1) is 45.8. The number of terminal acetylenes is 1. The summed E-state index contributed by atoms with van der Waals surface area (Å²) in [6, 6.07) is 117. The predicted molar refractivity (Wildman–Crippen MR) is 388 cm³/mol. The van der Waals surface area contributed by atoms with Crippen LogP contribution < -0.4 is 4.90 Å². The van der Waals surface area contributed by atoms with Crippen molar-refractivity contribution in [2.24, 2.45) is 0 Å². The van der Waals surface area contributed by atoms with Crippen LogP contribution in [0.15, 0.2) is 340 Å². The van der Waals surface area contributed by atoms with Gasteiger partial charge in [-0.3, -0.25) is 0 Å². The highest BCUT2D eigenvalue weighted by Crippen LogP contribution is 2.50. The Morgan fingerprint density at radius 2 is 0.570 bits per heavy atom. The quantitative estimate of drug-likeness (QED) is 0.0804. The van der Waals surface area contributed by atoms with Crippen molar-refractivity contribution in [3.05, 3.63) is 345 Å². The zero-order valence-corrected chi connectivity index (χ0v) is 51.8. The van der Waals surface area contributed by atoms with Crippen LogP contribution in [0, 0.1) is 12.3 Å². The van der Waals surface area contributed by atoms with Crippen molar-refractivity contribution in [3.63, 3.8) is 0 Å². The Kier molecular flexibility index (Phi) is 15.5. The number of allylic oxidation sites excluding steroid dienone is 1. The van der Waals surface area contributed by atoms with Gasteiger partial charge in [-0.1, -0.05) is 279 Å². The summed E-state index contributed by atoms with van der Waals surface area (Å²) < 4.78 is 0. The van der Waals surface area contributed by atoms with E-state index < -0.39 is 5.41 Å². The molecule has 13 aromatic carbocycles. The summed E-state index contributed by atoms with van der Waals surface area (Å²) in [6.07, 6.45) is 10.7. The van der Waals surface area contributed by atoms with E-state index in [1.165, 1.54) is 33.4 Å². The predicted octanol–water partition coefficient (Wildman–Crippen LogP) is 22.9. The Morgan fingerprint density at radius 1 is 0.301 bits per heavy atom. The second kappa shape index (κ2) is 25.1. The number of rotatable bonds is 14. The molecule has 0 fully saturated rings. The highest BCUT2D eigenvalue weighted by Gasteiger charge is 2.46. The first-order valence-electron chi connectivity index (χ1n) is 31.7. The topological polar surface area (TPSA) is 41.9 Å². The van der Waals surface area contributed by atoms with E-state index in [0.29, 0.717) is 17.5 Å². The number of hydrogen-bond donors (Lipinski definition) is 0. The molecule has 15 rings (SSSR count). The van der Waals surface area contributed by atoms with Gasteiger partial charge >= 0.3 is 0 Å². The molecule has 0 amide bonds. The van der Waals surface area contributed by atoms with Crippen LogP contribution in [0.25, 0.3) is 134 Å². The molecular formula is C89H64N4. The summed E-state index contributed by atoms with van der Waals surface area (Å²) in [7, 11) is 0. The van der Waals surface area contributed by atoms with Gasteiger partial charge < -0.3 is 4.90 Å². The third-order valence-corrected chi connectivity index (χ3v) is 18.1. The van der Waals surface area contributed by atoms with Crippen LogP contribution in [-0.4, -0.2) is 21.0 Å². The maximum absolute atomic E-state index is 6.36. The van der Waals surface area contributed by atoms with Gasteiger partial charge in [0, 0.05) is 28.1 Å². The van der Waals surface area contributed by atoms with Crippen molar-refractivity contribution < 1.29 is 0 Å². The number of anilines is 2. The lowest BCUT2D eigenvalue weighted by atomic mass is 9.79. The van der Waals surface area contributed by atoms with Crippen molar-refractivity contribution in [2.45, 2.75) is 25.3 Å². The lowest BCUT2D eigenvalue weighted by molar-refractivity contribution is 0.577. The minimum Gasteiger partial charge on any atom is -0.332 e. The maximum atomic E-state index is 6.36. The molecule has 0 radical (unpaired) electrons. The summed E-state index contributed by atoms with van der Waals surface area (Å²) in [5.74, 6) is 4.93. The van der Waals surface area contributed by atoms with Crippen molar-refractivity contribution in [3.8, 4) is 147 Å². The third kappa shape index (κ3) is 11.6. The molecule has 0 N–H and O–H groups in total. The molecule has 14 aromatic rings. The molecule has 2 unspecified atom stereocenters. The number of benzene rings is 13. The Labute approximate surface area is 545 Å². The summed E-state index contributed by atoms with van der Waals surface area (Å²) in [6.45, 7) is 4.24. The van der Waals surface area contributed by atoms with E-state index in [1.807, 2.05) is 0 Å². The molecule has 93 heavy (non-hydrogen) atoms. The van der Waals surface area contributed by atoms with Gasteiger partial charge in [-0.05, 0) is 186 Å². The van der Waals surface area contributed by atoms with Gasteiger partial charge in [0.15, 0.2) is 17.5 Å². The van der Waals surface area contributed by atoms with Crippen LogP contribution in [0.4, 0.5) is 11.4 Å². The van der Waals surface area contributed by atoms with Crippen LogP contribution in [-0.2, 0) is 5.41 Å². The summed E-state index contributed by atoms with van der Waals surface area (Å²) in [5.41, 5.74) is 26.0. The molecule has 1 aliphatic rings. The zero-order valence-electron chi connectivity index (χ0n) is 51.8. The molecule has 0 aliphatic carbocycles. The molecule has 440 valence electrons. The molecule has 1 aromatic heterocycles. The zero-order chi connectivity index (χ0) is 62.7. The van der Waals surface area contributed by atoms with E-state index in [2.05, 4.69) is 364 Å². The fraction of sp³-hybridized carbons (Fsp3) is 0.0449. The summed E-state index contributed by atoms with van der Waals surface area (Å²) in [5, 5.41) is 0. The van der Waals surface area contributed by atoms with Crippen LogP contribution in [0.1, 0.15) is 19.4 Å². The van der Waals surface area contributed by atoms with Crippen LogP contribution in [0.3, 0.4) is 0 Å². The molecular weight excluding hydrogens is 1130 g/mol. The molecule has 2 heterocycles. The molecule has 2 atom stereocenters. The van der Waals surface area contributed by atoms with Gasteiger partial charge in [0.1, 0.15) is 0 Å². The first-order valence-corrected chi connectivity index (χ1v) is 31.7. The Hall–Kier alpha value is -12.0. The summed E-state index contributed by atoms with van der Waals surface area (Å²) in [4.78, 5) is 18.4. The fourth-order valence-corrected chi connectivity index (χ4v) is 13.2. The van der Waals surface area contributed by atoms with Gasteiger partial charge in [-0.15, -0.1) is 6.42 Å². The second-order valence-corrected chi connectivity index (χ2v) is 24.0. The van der Waals surface area contributed by atoms with Crippen LogP contribution >= 0.6 is 0 Å². The standard InChI is InChI=1S/C89H64N4/c1-4-23-85-89(3,5-2)83-46-12-13-47-84(83)93(85)82-45-22-42-79(60-82)76-39-19-38-75(57-76)78-41-21-44-81(59-78)88-91-86(90-87(92-88)80-43-20-40-77(58-80)74-37-18-36-73(56-74)69-32-15-29-66(53-69)62-26-10-7-11-27-62)64-50-48-63(49-51-64)67-30-16-33-70(54-67)72-35-17-34-71(55-72)68-31-14-28-65(52-68)61-24-8-6-9-25-61/h2,4,6-60,85H,1,3H3/b23-4-. The molecule has 4 nitrogen and oxygen atoms in total. The number of para-hydroxylation sites is 1. The molecule has 0 saturated heterocycles. The first kappa shape index (κ1) is 57.4.